The average Bonchev–Trinajstić information content (AvgIpc) is 3.13. The van der Waals surface area contributed by atoms with Gasteiger partial charge in [-0.25, -0.2) is 0 Å². The Morgan fingerprint density at radius 1 is 0.667 bits per heavy atom. The van der Waals surface area contributed by atoms with Crippen LogP contribution in [0.3, 0.4) is 0 Å². The Morgan fingerprint density at radius 3 is 1.71 bits per heavy atom. The SMILES string of the molecule is CCCCCC/C=C\C/C=C\CCCCCCCC(=O)NC(COC1OC(CO)C(O)C(O)C1O)C(O)/C=C/CCCCCCCCCCCC. The number of hydrogen-bond donors (Lipinski definition) is 6. The second-order valence-corrected chi connectivity index (χ2v) is 14.4. The van der Waals surface area contributed by atoms with Crippen molar-refractivity contribution in [3.8, 4) is 0 Å². The van der Waals surface area contributed by atoms with Crippen LogP contribution in [-0.2, 0) is 14.3 Å². The molecule has 9 heteroatoms. The molecule has 0 aliphatic carbocycles. The van der Waals surface area contributed by atoms with E-state index in [9.17, 15) is 30.3 Å². The molecule has 0 bridgehead atoms. The van der Waals surface area contributed by atoms with Crippen molar-refractivity contribution in [3.63, 3.8) is 0 Å². The van der Waals surface area contributed by atoms with Gasteiger partial charge < -0.3 is 40.3 Å². The van der Waals surface area contributed by atoms with Crippen LogP contribution in [-0.4, -0.2) is 87.5 Å². The lowest BCUT2D eigenvalue weighted by Crippen LogP contribution is -2.60. The van der Waals surface area contributed by atoms with Gasteiger partial charge in [-0.15, -0.1) is 0 Å². The fourth-order valence-corrected chi connectivity index (χ4v) is 6.30. The number of nitrogens with one attached hydrogen (secondary N) is 1. The van der Waals surface area contributed by atoms with E-state index in [2.05, 4.69) is 43.5 Å². The van der Waals surface area contributed by atoms with E-state index in [1.165, 1.54) is 83.5 Å². The van der Waals surface area contributed by atoms with Crippen molar-refractivity contribution in [1.82, 2.24) is 5.32 Å². The minimum atomic E-state index is -1.57. The van der Waals surface area contributed by atoms with Gasteiger partial charge in [-0.2, -0.15) is 0 Å². The molecule has 1 aliphatic rings. The molecule has 7 atom stereocenters. The predicted octanol–water partition coefficient (Wildman–Crippen LogP) is 7.72. The van der Waals surface area contributed by atoms with E-state index >= 15 is 0 Å². The zero-order valence-electron chi connectivity index (χ0n) is 32.4. The summed E-state index contributed by atoms with van der Waals surface area (Å²) in [6.07, 6.45) is 31.8. The summed E-state index contributed by atoms with van der Waals surface area (Å²) in [6.45, 7) is 3.71. The van der Waals surface area contributed by atoms with Crippen molar-refractivity contribution < 1.29 is 39.8 Å². The van der Waals surface area contributed by atoms with Crippen molar-refractivity contribution in [3.05, 3.63) is 36.5 Å². The number of unbranched alkanes of at least 4 members (excludes halogenated alkanes) is 19. The normalized spacial score (nSPS) is 22.4. The molecule has 0 saturated carbocycles. The maximum atomic E-state index is 12.9. The van der Waals surface area contributed by atoms with Gasteiger partial charge in [0.1, 0.15) is 24.4 Å². The van der Waals surface area contributed by atoms with Crippen LogP contribution < -0.4 is 5.32 Å². The molecule has 0 aromatic heterocycles. The lowest BCUT2D eigenvalue weighted by atomic mass is 9.99. The molecule has 9 nitrogen and oxygen atoms in total. The highest BCUT2D eigenvalue weighted by molar-refractivity contribution is 5.76. The second kappa shape index (κ2) is 33.0. The number of rotatable bonds is 33. The van der Waals surface area contributed by atoms with Gasteiger partial charge in [0.2, 0.25) is 5.91 Å². The van der Waals surface area contributed by atoms with Crippen LogP contribution in [0.1, 0.15) is 168 Å². The maximum Gasteiger partial charge on any atom is 0.220 e. The molecular weight excluding hydrogens is 646 g/mol. The third kappa shape index (κ3) is 24.4. The number of aliphatic hydroxyl groups excluding tert-OH is 5. The summed E-state index contributed by atoms with van der Waals surface area (Å²) in [5, 5.41) is 54.0. The summed E-state index contributed by atoms with van der Waals surface area (Å²) >= 11 is 0. The zero-order valence-corrected chi connectivity index (χ0v) is 32.4. The summed E-state index contributed by atoms with van der Waals surface area (Å²) in [5.74, 6) is -0.194. The Morgan fingerprint density at radius 2 is 1.16 bits per heavy atom. The summed E-state index contributed by atoms with van der Waals surface area (Å²) in [4.78, 5) is 12.9. The quantitative estimate of drug-likeness (QED) is 0.0298. The van der Waals surface area contributed by atoms with Crippen LogP contribution >= 0.6 is 0 Å². The first-order chi connectivity index (χ1) is 24.8. The number of ether oxygens (including phenoxy) is 2. The smallest absolute Gasteiger partial charge is 0.220 e. The Hall–Kier alpha value is -1.59. The molecule has 0 radical (unpaired) electrons. The lowest BCUT2D eigenvalue weighted by molar-refractivity contribution is -0.302. The zero-order chi connectivity index (χ0) is 37.4. The third-order valence-corrected chi connectivity index (χ3v) is 9.71. The van der Waals surface area contributed by atoms with E-state index in [0.29, 0.717) is 6.42 Å². The van der Waals surface area contributed by atoms with Crippen LogP contribution in [0.25, 0.3) is 0 Å². The Bertz CT molecular complexity index is 894. The topological polar surface area (TPSA) is 149 Å². The minimum Gasteiger partial charge on any atom is -0.394 e. The minimum absolute atomic E-state index is 0.194. The standard InChI is InChI=1S/C42H77NO8/c1-3-5-7-9-11-13-15-17-18-19-20-22-24-26-28-30-32-38(46)43-35(34-50-42-41(49)40(48)39(47)37(33-44)51-42)36(45)31-29-27-25-23-21-16-14-12-10-8-6-4-2/h13,15,18-19,29,31,35-37,39-42,44-45,47-49H,3-12,14,16-17,20-28,30,32-34H2,1-2H3,(H,43,46)/b15-13-,19-18-,31-29+. The highest BCUT2D eigenvalue weighted by atomic mass is 16.7. The summed E-state index contributed by atoms with van der Waals surface area (Å²) in [6, 6.07) is -0.809. The monoisotopic (exact) mass is 724 g/mol. The second-order valence-electron chi connectivity index (χ2n) is 14.4. The van der Waals surface area contributed by atoms with E-state index in [-0.39, 0.29) is 12.5 Å². The molecule has 1 heterocycles. The van der Waals surface area contributed by atoms with Gasteiger partial charge >= 0.3 is 0 Å². The highest BCUT2D eigenvalue weighted by Crippen LogP contribution is 2.22. The maximum absolute atomic E-state index is 12.9. The Labute approximate surface area is 311 Å². The number of carbonyl (C=O) groups is 1. The van der Waals surface area contributed by atoms with E-state index in [4.69, 9.17) is 9.47 Å². The molecule has 51 heavy (non-hydrogen) atoms. The van der Waals surface area contributed by atoms with E-state index < -0.39 is 49.5 Å². The summed E-state index contributed by atoms with van der Waals surface area (Å²) < 4.78 is 11.2. The van der Waals surface area contributed by atoms with Crippen molar-refractivity contribution in [2.24, 2.45) is 0 Å². The van der Waals surface area contributed by atoms with Crippen molar-refractivity contribution >= 4 is 5.91 Å². The third-order valence-electron chi connectivity index (χ3n) is 9.71. The van der Waals surface area contributed by atoms with Crippen molar-refractivity contribution in [2.45, 2.75) is 211 Å². The van der Waals surface area contributed by atoms with Gasteiger partial charge in [0.25, 0.3) is 0 Å². The lowest BCUT2D eigenvalue weighted by Gasteiger charge is -2.40. The first-order valence-corrected chi connectivity index (χ1v) is 20.7. The number of amides is 1. The Kier molecular flexibility index (Phi) is 30.7. The molecule has 7 unspecified atom stereocenters. The fraction of sp³-hybridized carbons (Fsp3) is 0.833. The van der Waals surface area contributed by atoms with Crippen molar-refractivity contribution in [2.75, 3.05) is 13.2 Å². The molecule has 298 valence electrons. The highest BCUT2D eigenvalue weighted by Gasteiger charge is 2.44. The molecule has 1 aliphatic heterocycles. The predicted molar refractivity (Wildman–Crippen MR) is 207 cm³/mol. The van der Waals surface area contributed by atoms with Crippen LogP contribution in [0.15, 0.2) is 36.5 Å². The molecule has 0 aromatic rings. The largest absolute Gasteiger partial charge is 0.394 e. The molecule has 6 N–H and O–H groups in total. The number of hydrogen-bond acceptors (Lipinski definition) is 8. The van der Waals surface area contributed by atoms with Gasteiger partial charge in [-0.05, 0) is 51.4 Å². The molecule has 1 amide bonds. The van der Waals surface area contributed by atoms with E-state index in [1.807, 2.05) is 6.08 Å². The van der Waals surface area contributed by atoms with Crippen LogP contribution in [0.5, 0.6) is 0 Å². The van der Waals surface area contributed by atoms with Crippen LogP contribution in [0, 0.1) is 0 Å². The number of allylic oxidation sites excluding steroid dienone is 5. The van der Waals surface area contributed by atoms with Crippen LogP contribution in [0.2, 0.25) is 0 Å². The van der Waals surface area contributed by atoms with Gasteiger partial charge in [-0.1, -0.05) is 147 Å². The number of aliphatic hydroxyl groups is 5. The molecule has 0 spiro atoms. The molecule has 1 rings (SSSR count). The van der Waals surface area contributed by atoms with E-state index in [1.54, 1.807) is 6.08 Å². The van der Waals surface area contributed by atoms with Gasteiger partial charge in [-0.3, -0.25) is 4.79 Å². The van der Waals surface area contributed by atoms with Gasteiger partial charge in [0.15, 0.2) is 6.29 Å². The molecule has 1 saturated heterocycles. The van der Waals surface area contributed by atoms with Gasteiger partial charge in [0.05, 0.1) is 25.4 Å². The van der Waals surface area contributed by atoms with E-state index in [0.717, 1.165) is 64.2 Å². The van der Waals surface area contributed by atoms with Gasteiger partial charge in [0, 0.05) is 6.42 Å². The average molecular weight is 724 g/mol. The van der Waals surface area contributed by atoms with Crippen LogP contribution in [0.4, 0.5) is 0 Å². The molecule has 0 aromatic carbocycles. The first-order valence-electron chi connectivity index (χ1n) is 20.7. The van der Waals surface area contributed by atoms with Crippen molar-refractivity contribution in [1.29, 1.82) is 0 Å². The summed E-state index contributed by atoms with van der Waals surface area (Å²) in [5.41, 5.74) is 0. The molecular formula is C42H77NO8. The first kappa shape index (κ1) is 47.4. The summed E-state index contributed by atoms with van der Waals surface area (Å²) in [7, 11) is 0. The fourth-order valence-electron chi connectivity index (χ4n) is 6.30. The number of carbonyl (C=O) groups excluding carboxylic acids is 1. The molecule has 1 fully saturated rings. The Balaban J connectivity index is 2.43.